The summed E-state index contributed by atoms with van der Waals surface area (Å²) in [6.45, 7) is 2.41. The molecule has 2 aliphatic rings. The fraction of sp³-hybridized carbons (Fsp3) is 0.500. The third-order valence-electron chi connectivity index (χ3n) is 3.51. The predicted molar refractivity (Wildman–Crippen MR) is 60.8 cm³/mol. The Morgan fingerprint density at radius 3 is 2.81 bits per heavy atom. The summed E-state index contributed by atoms with van der Waals surface area (Å²) < 4.78 is 6.07. The highest BCUT2D eigenvalue weighted by Crippen LogP contribution is 2.32. The molecular formula is C12H16N2O2. The minimum Gasteiger partial charge on any atom is -0.629 e. The van der Waals surface area contributed by atoms with E-state index < -0.39 is 0 Å². The van der Waals surface area contributed by atoms with E-state index in [9.17, 15) is 5.21 Å². The van der Waals surface area contributed by atoms with Crippen LogP contribution in [0.2, 0.25) is 0 Å². The lowest BCUT2D eigenvalue weighted by Gasteiger charge is -2.44. The normalized spacial score (nSPS) is 27.2. The van der Waals surface area contributed by atoms with Gasteiger partial charge in [-0.15, -0.1) is 0 Å². The first-order chi connectivity index (χ1) is 7.79. The highest BCUT2D eigenvalue weighted by molar-refractivity contribution is 5.47. The van der Waals surface area contributed by atoms with Crippen molar-refractivity contribution >= 4 is 5.69 Å². The average molecular weight is 220 g/mol. The summed E-state index contributed by atoms with van der Waals surface area (Å²) in [6, 6.07) is 7.56. The summed E-state index contributed by atoms with van der Waals surface area (Å²) >= 11 is 0. The molecule has 1 fully saturated rings. The molecule has 0 bridgehead atoms. The van der Waals surface area contributed by atoms with Crippen molar-refractivity contribution in [3.8, 4) is 5.75 Å². The molecule has 2 aliphatic heterocycles. The quantitative estimate of drug-likeness (QED) is 0.615. The highest BCUT2D eigenvalue weighted by Gasteiger charge is 2.41. The van der Waals surface area contributed by atoms with E-state index in [0.717, 1.165) is 37.4 Å². The van der Waals surface area contributed by atoms with E-state index in [1.165, 1.54) is 0 Å². The molecule has 4 nitrogen and oxygen atoms in total. The molecule has 3 rings (SSSR count). The maximum absolute atomic E-state index is 12.1. The summed E-state index contributed by atoms with van der Waals surface area (Å²) in [5, 5.41) is 15.6. The van der Waals surface area contributed by atoms with Crippen molar-refractivity contribution < 1.29 is 9.80 Å². The van der Waals surface area contributed by atoms with Gasteiger partial charge in [0.1, 0.15) is 6.54 Å². The number of hydrogen-bond donors (Lipinski definition) is 2. The molecule has 2 heterocycles. The monoisotopic (exact) mass is 220 g/mol. The van der Waals surface area contributed by atoms with Gasteiger partial charge < -0.3 is 20.3 Å². The highest BCUT2D eigenvalue weighted by atomic mass is 16.5. The maximum Gasteiger partial charge on any atom is 0.181 e. The Balaban J connectivity index is 1.93. The summed E-state index contributed by atoms with van der Waals surface area (Å²) in [5.74, 6) is 0.764. The zero-order valence-corrected chi connectivity index (χ0v) is 9.16. The summed E-state index contributed by atoms with van der Waals surface area (Å²) in [5.41, 5.74) is 0.503. The number of rotatable bonds is 0. The Morgan fingerprint density at radius 2 is 2.00 bits per heavy atom. The molecule has 1 unspecified atom stereocenters. The van der Waals surface area contributed by atoms with Crippen LogP contribution in [0.1, 0.15) is 12.8 Å². The number of nitrogens with one attached hydrogen (secondary N) is 2. The Kier molecular flexibility index (Phi) is 2.35. The van der Waals surface area contributed by atoms with Gasteiger partial charge in [-0.25, -0.2) is 0 Å². The fourth-order valence-corrected chi connectivity index (χ4v) is 2.60. The van der Waals surface area contributed by atoms with Crippen LogP contribution in [0.4, 0.5) is 5.69 Å². The Morgan fingerprint density at radius 1 is 1.25 bits per heavy atom. The molecule has 1 aromatic rings. The molecule has 1 atom stereocenters. The Bertz CT molecular complexity index is 388. The maximum atomic E-state index is 12.1. The van der Waals surface area contributed by atoms with Crippen LogP contribution < -0.4 is 15.1 Å². The van der Waals surface area contributed by atoms with E-state index in [1.54, 1.807) is 0 Å². The lowest BCUT2D eigenvalue weighted by Crippen LogP contribution is -3.06. The van der Waals surface area contributed by atoms with E-state index in [1.807, 2.05) is 24.3 Å². The number of quaternary nitrogens is 1. The van der Waals surface area contributed by atoms with E-state index in [4.69, 9.17) is 4.74 Å². The van der Waals surface area contributed by atoms with Crippen LogP contribution in [0.15, 0.2) is 24.3 Å². The predicted octanol–water partition coefficient (Wildman–Crippen LogP) is 0.215. The molecule has 1 spiro atoms. The lowest BCUT2D eigenvalue weighted by atomic mass is 9.90. The average Bonchev–Trinajstić information content (AvgIpc) is 2.30. The lowest BCUT2D eigenvalue weighted by molar-refractivity contribution is -0.790. The molecule has 1 saturated heterocycles. The molecule has 0 saturated carbocycles. The third kappa shape index (κ3) is 1.59. The van der Waals surface area contributed by atoms with Gasteiger partial charge in [0.15, 0.2) is 17.0 Å². The van der Waals surface area contributed by atoms with Crippen molar-refractivity contribution in [2.75, 3.05) is 19.6 Å². The van der Waals surface area contributed by atoms with Crippen molar-refractivity contribution in [3.63, 3.8) is 0 Å². The van der Waals surface area contributed by atoms with E-state index >= 15 is 0 Å². The first kappa shape index (κ1) is 10.1. The molecular weight excluding hydrogens is 204 g/mol. The topological polar surface area (TPSA) is 48.8 Å². The van der Waals surface area contributed by atoms with Crippen LogP contribution >= 0.6 is 0 Å². The molecule has 4 heteroatoms. The molecule has 0 amide bonds. The first-order valence-corrected chi connectivity index (χ1v) is 5.81. The van der Waals surface area contributed by atoms with Crippen molar-refractivity contribution in [2.45, 2.75) is 18.4 Å². The summed E-state index contributed by atoms with van der Waals surface area (Å²) in [6.07, 6.45) is 1.85. The molecule has 86 valence electrons. The standard InChI is InChI=1S/C12H16N2O2/c15-14-9-12(5-7-13-8-6-12)16-11-4-2-1-3-10(11)14/h1-4,13-14H,5-9H2. The minimum atomic E-state index is -0.239. The van der Waals surface area contributed by atoms with Gasteiger partial charge in [-0.2, -0.15) is 0 Å². The Hall–Kier alpha value is -1.10. The number of hydrogen-bond acceptors (Lipinski definition) is 3. The van der Waals surface area contributed by atoms with Gasteiger partial charge >= 0.3 is 0 Å². The molecule has 16 heavy (non-hydrogen) atoms. The number of benzene rings is 1. The zero-order chi connectivity index (χ0) is 11.0. The van der Waals surface area contributed by atoms with Crippen molar-refractivity contribution in [2.24, 2.45) is 0 Å². The van der Waals surface area contributed by atoms with Gasteiger partial charge in [0.2, 0.25) is 0 Å². The Labute approximate surface area is 94.8 Å². The van der Waals surface area contributed by atoms with Crippen molar-refractivity contribution in [1.82, 2.24) is 5.32 Å². The van der Waals surface area contributed by atoms with Gasteiger partial charge in [0.25, 0.3) is 0 Å². The van der Waals surface area contributed by atoms with Crippen LogP contribution in [0.5, 0.6) is 5.75 Å². The molecule has 0 aromatic heterocycles. The van der Waals surface area contributed by atoms with E-state index in [0.29, 0.717) is 6.54 Å². The van der Waals surface area contributed by atoms with Crippen LogP contribution in [0.25, 0.3) is 0 Å². The smallest absolute Gasteiger partial charge is 0.181 e. The number of ether oxygens (including phenoxy) is 1. The number of para-hydroxylation sites is 2. The second kappa shape index (κ2) is 3.73. The van der Waals surface area contributed by atoms with Gasteiger partial charge in [-0.05, 0) is 19.2 Å². The number of piperidine rings is 1. The third-order valence-corrected chi connectivity index (χ3v) is 3.51. The molecule has 1 aromatic carbocycles. The van der Waals surface area contributed by atoms with Gasteiger partial charge in [0, 0.05) is 18.9 Å². The second-order valence-corrected chi connectivity index (χ2v) is 4.63. The van der Waals surface area contributed by atoms with Crippen molar-refractivity contribution in [3.05, 3.63) is 29.5 Å². The SMILES string of the molecule is [O-][NH+]1CC2(CCNCC2)Oc2ccccc21. The first-order valence-electron chi connectivity index (χ1n) is 5.81. The van der Waals surface area contributed by atoms with Gasteiger partial charge in [0.05, 0.1) is 0 Å². The van der Waals surface area contributed by atoms with Crippen LogP contribution in [0, 0.1) is 5.21 Å². The molecule has 2 N–H and O–H groups in total. The van der Waals surface area contributed by atoms with E-state index in [2.05, 4.69) is 5.32 Å². The molecule has 0 radical (unpaired) electrons. The van der Waals surface area contributed by atoms with Gasteiger partial charge in [-0.3, -0.25) is 0 Å². The summed E-state index contributed by atoms with van der Waals surface area (Å²) in [4.78, 5) is 0. The van der Waals surface area contributed by atoms with Crippen molar-refractivity contribution in [1.29, 1.82) is 0 Å². The second-order valence-electron chi connectivity index (χ2n) is 4.63. The van der Waals surface area contributed by atoms with Crippen LogP contribution in [-0.4, -0.2) is 25.2 Å². The van der Waals surface area contributed by atoms with Crippen LogP contribution in [-0.2, 0) is 0 Å². The molecule has 0 aliphatic carbocycles. The van der Waals surface area contributed by atoms with Gasteiger partial charge in [-0.1, -0.05) is 12.1 Å². The fourth-order valence-electron chi connectivity index (χ4n) is 2.60. The van der Waals surface area contributed by atoms with Crippen LogP contribution in [0.3, 0.4) is 0 Å². The number of fused-ring (bicyclic) bond motifs is 1. The summed E-state index contributed by atoms with van der Waals surface area (Å²) in [7, 11) is 0. The minimum absolute atomic E-state index is 0.226. The number of hydroxylamine groups is 1. The van der Waals surface area contributed by atoms with E-state index in [-0.39, 0.29) is 10.7 Å². The zero-order valence-electron chi connectivity index (χ0n) is 9.16. The largest absolute Gasteiger partial charge is 0.629 e.